The summed E-state index contributed by atoms with van der Waals surface area (Å²) in [5, 5.41) is 3.10. The van der Waals surface area contributed by atoms with Gasteiger partial charge in [-0.1, -0.05) is 51.3 Å². The van der Waals surface area contributed by atoms with Crippen LogP contribution in [0.1, 0.15) is 67.8 Å². The number of rotatable bonds is 4. The van der Waals surface area contributed by atoms with Crippen LogP contribution in [0, 0.1) is 5.92 Å². The van der Waals surface area contributed by atoms with E-state index in [9.17, 15) is 9.59 Å². The fraction of sp³-hybridized carbons (Fsp3) is 0.458. The molecule has 5 heteroatoms. The van der Waals surface area contributed by atoms with Crippen LogP contribution in [0.5, 0.6) is 0 Å². The maximum absolute atomic E-state index is 13.7. The van der Waals surface area contributed by atoms with E-state index in [0.717, 1.165) is 43.4 Å². The van der Waals surface area contributed by atoms with Gasteiger partial charge in [0.25, 0.3) is 5.91 Å². The van der Waals surface area contributed by atoms with Gasteiger partial charge < -0.3 is 10.2 Å². The Bertz CT molecular complexity index is 888. The van der Waals surface area contributed by atoms with Crippen molar-refractivity contribution in [3.63, 3.8) is 0 Å². The number of nitrogens with one attached hydrogen (secondary N) is 1. The van der Waals surface area contributed by atoms with Gasteiger partial charge in [0.15, 0.2) is 0 Å². The third kappa shape index (κ3) is 3.54. The molecule has 1 N–H and O–H groups in total. The predicted octanol–water partition coefficient (Wildman–Crippen LogP) is 4.62. The molecule has 1 aliphatic carbocycles. The number of benzene rings is 1. The van der Waals surface area contributed by atoms with Crippen molar-refractivity contribution in [2.45, 2.75) is 57.4 Å². The summed E-state index contributed by atoms with van der Waals surface area (Å²) < 4.78 is 0. The highest BCUT2D eigenvalue weighted by molar-refractivity contribution is 6.05. The molecule has 0 radical (unpaired) electrons. The first-order valence-corrected chi connectivity index (χ1v) is 10.6. The molecule has 4 rings (SSSR count). The van der Waals surface area contributed by atoms with Crippen LogP contribution in [-0.2, 0) is 4.79 Å². The summed E-state index contributed by atoms with van der Waals surface area (Å²) in [6, 6.07) is 11.3. The van der Waals surface area contributed by atoms with E-state index in [-0.39, 0.29) is 17.7 Å². The van der Waals surface area contributed by atoms with E-state index >= 15 is 0 Å². The van der Waals surface area contributed by atoms with Crippen molar-refractivity contribution in [1.82, 2.24) is 9.88 Å². The molecule has 2 heterocycles. The summed E-state index contributed by atoms with van der Waals surface area (Å²) in [4.78, 5) is 33.3. The SMILES string of the molecule is CC(C)CN1C(=O)c2ccccc2[C@H](C(=O)Nc2ccncc2)C12CCCCC2. The van der Waals surface area contributed by atoms with Crippen LogP contribution < -0.4 is 5.32 Å². The summed E-state index contributed by atoms with van der Waals surface area (Å²) >= 11 is 0. The van der Waals surface area contributed by atoms with Gasteiger partial charge >= 0.3 is 0 Å². The Morgan fingerprint density at radius 3 is 2.52 bits per heavy atom. The first-order chi connectivity index (χ1) is 14.0. The predicted molar refractivity (Wildman–Crippen MR) is 114 cm³/mol. The summed E-state index contributed by atoms with van der Waals surface area (Å²) in [7, 11) is 0. The second-order valence-corrected chi connectivity index (χ2v) is 8.72. The maximum atomic E-state index is 13.7. The highest BCUT2D eigenvalue weighted by Crippen LogP contribution is 2.49. The van der Waals surface area contributed by atoms with Crippen LogP contribution in [0.15, 0.2) is 48.8 Å². The number of hydrogen-bond acceptors (Lipinski definition) is 3. The van der Waals surface area contributed by atoms with E-state index < -0.39 is 5.54 Å². The zero-order chi connectivity index (χ0) is 20.4. The largest absolute Gasteiger partial charge is 0.332 e. The summed E-state index contributed by atoms with van der Waals surface area (Å²) in [5.41, 5.74) is 1.82. The van der Waals surface area contributed by atoms with E-state index in [0.29, 0.717) is 18.0 Å². The van der Waals surface area contributed by atoms with Crippen LogP contribution in [0.3, 0.4) is 0 Å². The van der Waals surface area contributed by atoms with E-state index in [1.807, 2.05) is 29.2 Å². The van der Waals surface area contributed by atoms with Gasteiger partial charge in [0, 0.05) is 30.2 Å². The molecule has 152 valence electrons. The Balaban J connectivity index is 1.83. The van der Waals surface area contributed by atoms with Crippen molar-refractivity contribution in [1.29, 1.82) is 0 Å². The molecule has 0 unspecified atom stereocenters. The molecule has 1 aromatic carbocycles. The molecule has 29 heavy (non-hydrogen) atoms. The number of carbonyl (C=O) groups excluding carboxylic acids is 2. The number of aromatic nitrogens is 1. The molecule has 1 aromatic heterocycles. The van der Waals surface area contributed by atoms with E-state index in [1.165, 1.54) is 0 Å². The lowest BCUT2D eigenvalue weighted by atomic mass is 9.65. The van der Waals surface area contributed by atoms with E-state index in [4.69, 9.17) is 0 Å². The van der Waals surface area contributed by atoms with Crippen molar-refractivity contribution in [2.75, 3.05) is 11.9 Å². The zero-order valence-electron chi connectivity index (χ0n) is 17.2. The number of hydrogen-bond donors (Lipinski definition) is 1. The Hall–Kier alpha value is -2.69. The topological polar surface area (TPSA) is 62.3 Å². The third-order valence-corrected chi connectivity index (χ3v) is 6.30. The number of anilines is 1. The molecular weight excluding hydrogens is 362 g/mol. The molecule has 1 aliphatic heterocycles. The van der Waals surface area contributed by atoms with Crippen LogP contribution >= 0.6 is 0 Å². The number of carbonyl (C=O) groups is 2. The van der Waals surface area contributed by atoms with E-state index in [1.54, 1.807) is 24.5 Å². The molecule has 1 fully saturated rings. The van der Waals surface area contributed by atoms with Gasteiger partial charge in [-0.15, -0.1) is 0 Å². The highest BCUT2D eigenvalue weighted by atomic mass is 16.2. The Morgan fingerprint density at radius 1 is 1.14 bits per heavy atom. The minimum Gasteiger partial charge on any atom is -0.332 e. The third-order valence-electron chi connectivity index (χ3n) is 6.30. The van der Waals surface area contributed by atoms with Gasteiger partial charge in [-0.2, -0.15) is 0 Å². The van der Waals surface area contributed by atoms with Gasteiger partial charge in [-0.25, -0.2) is 0 Å². The quantitative estimate of drug-likeness (QED) is 0.827. The van der Waals surface area contributed by atoms with E-state index in [2.05, 4.69) is 24.1 Å². The normalized spacial score (nSPS) is 20.6. The maximum Gasteiger partial charge on any atom is 0.254 e. The molecule has 1 saturated carbocycles. The second kappa shape index (κ2) is 7.97. The Labute approximate surface area is 172 Å². The van der Waals surface area contributed by atoms with Gasteiger partial charge in [-0.05, 0) is 42.5 Å². The lowest BCUT2D eigenvalue weighted by Crippen LogP contribution is -2.62. The summed E-state index contributed by atoms with van der Waals surface area (Å²) in [6.07, 6.45) is 8.34. The van der Waals surface area contributed by atoms with Gasteiger partial charge in [0.1, 0.15) is 0 Å². The zero-order valence-corrected chi connectivity index (χ0v) is 17.2. The fourth-order valence-corrected chi connectivity index (χ4v) is 5.12. The number of amides is 2. The van der Waals surface area contributed by atoms with Gasteiger partial charge in [0.05, 0.1) is 11.5 Å². The van der Waals surface area contributed by atoms with Crippen molar-refractivity contribution in [3.05, 3.63) is 59.9 Å². The van der Waals surface area contributed by atoms with Crippen LogP contribution in [-0.4, -0.2) is 33.8 Å². The molecule has 0 bridgehead atoms. The molecule has 5 nitrogen and oxygen atoms in total. The molecule has 1 atom stereocenters. The standard InChI is InChI=1S/C24H29N3O2/c1-17(2)16-27-23(29)20-9-5-4-8-19(20)21(24(27)12-6-3-7-13-24)22(28)26-18-10-14-25-15-11-18/h4-5,8-11,14-15,17,21H,3,6-7,12-13,16H2,1-2H3,(H,25,26,28)/t21-/m1/s1. The first kappa shape index (κ1) is 19.6. The van der Waals surface area contributed by atoms with Crippen LogP contribution in [0.2, 0.25) is 0 Å². The second-order valence-electron chi connectivity index (χ2n) is 8.72. The molecule has 2 aliphatic rings. The van der Waals surface area contributed by atoms with Crippen molar-refractivity contribution in [3.8, 4) is 0 Å². The molecule has 2 amide bonds. The van der Waals surface area contributed by atoms with Crippen molar-refractivity contribution >= 4 is 17.5 Å². The molecule has 2 aromatic rings. The first-order valence-electron chi connectivity index (χ1n) is 10.6. The van der Waals surface area contributed by atoms with Crippen molar-refractivity contribution in [2.24, 2.45) is 5.92 Å². The molecule has 0 saturated heterocycles. The molecular formula is C24H29N3O2. The Morgan fingerprint density at radius 2 is 1.83 bits per heavy atom. The average molecular weight is 392 g/mol. The summed E-state index contributed by atoms with van der Waals surface area (Å²) in [6.45, 7) is 4.94. The monoisotopic (exact) mass is 391 g/mol. The number of nitrogens with zero attached hydrogens (tertiary/aromatic N) is 2. The smallest absolute Gasteiger partial charge is 0.254 e. The number of fused-ring (bicyclic) bond motifs is 1. The highest BCUT2D eigenvalue weighted by Gasteiger charge is 2.54. The minimum absolute atomic E-state index is 0.0354. The number of pyridine rings is 1. The fourth-order valence-electron chi connectivity index (χ4n) is 5.12. The summed E-state index contributed by atoms with van der Waals surface area (Å²) in [5.74, 6) is 0.00602. The molecule has 1 spiro atoms. The van der Waals surface area contributed by atoms with Crippen LogP contribution in [0.25, 0.3) is 0 Å². The minimum atomic E-state index is -0.453. The Kier molecular flexibility index (Phi) is 5.39. The average Bonchev–Trinajstić information content (AvgIpc) is 2.72. The van der Waals surface area contributed by atoms with Crippen LogP contribution in [0.4, 0.5) is 5.69 Å². The van der Waals surface area contributed by atoms with Gasteiger partial charge in [-0.3, -0.25) is 14.6 Å². The lowest BCUT2D eigenvalue weighted by Gasteiger charge is -2.54. The lowest BCUT2D eigenvalue weighted by molar-refractivity contribution is -0.122. The van der Waals surface area contributed by atoms with Gasteiger partial charge in [0.2, 0.25) is 5.91 Å². The van der Waals surface area contributed by atoms with Crippen molar-refractivity contribution < 1.29 is 9.59 Å².